The summed E-state index contributed by atoms with van der Waals surface area (Å²) in [5.41, 5.74) is 8.62. The van der Waals surface area contributed by atoms with E-state index in [2.05, 4.69) is 14.9 Å². The lowest BCUT2D eigenvalue weighted by atomic mass is 10.1. The number of rotatable bonds is 4. The monoisotopic (exact) mass is 391 g/mol. The van der Waals surface area contributed by atoms with Crippen molar-refractivity contribution in [2.75, 3.05) is 39.0 Å². The summed E-state index contributed by atoms with van der Waals surface area (Å²) in [6.45, 7) is 5.45. The van der Waals surface area contributed by atoms with E-state index in [0.29, 0.717) is 36.8 Å². The number of nitrogen functional groups attached to an aromatic ring is 1. The van der Waals surface area contributed by atoms with E-state index in [0.717, 1.165) is 35.3 Å². The van der Waals surface area contributed by atoms with Gasteiger partial charge in [-0.1, -0.05) is 18.2 Å². The minimum absolute atomic E-state index is 0.0362. The third kappa shape index (κ3) is 4.00. The van der Waals surface area contributed by atoms with Gasteiger partial charge in [-0.05, 0) is 36.8 Å². The molecule has 7 heteroatoms. The van der Waals surface area contributed by atoms with Gasteiger partial charge in [0.2, 0.25) is 0 Å². The third-order valence-electron chi connectivity index (χ3n) is 5.36. The zero-order chi connectivity index (χ0) is 20.4. The van der Waals surface area contributed by atoms with Gasteiger partial charge in [0.1, 0.15) is 17.4 Å². The molecule has 1 amide bonds. The molecule has 1 fully saturated rings. The molecule has 1 aromatic heterocycles. The number of nitrogens with zero attached hydrogens (tertiary/aromatic N) is 4. The number of benzene rings is 2. The van der Waals surface area contributed by atoms with E-state index in [1.165, 1.54) is 0 Å². The molecule has 0 atom stereocenters. The molecule has 2 heterocycles. The first kappa shape index (κ1) is 19.1. The van der Waals surface area contributed by atoms with Gasteiger partial charge in [0.25, 0.3) is 5.91 Å². The van der Waals surface area contributed by atoms with Crippen LogP contribution in [0, 0.1) is 6.92 Å². The normalized spacial score (nSPS) is 14.9. The molecule has 3 aromatic rings. The zero-order valence-electron chi connectivity index (χ0n) is 16.8. The minimum atomic E-state index is 0.0362. The van der Waals surface area contributed by atoms with E-state index < -0.39 is 0 Å². The van der Waals surface area contributed by atoms with Crippen LogP contribution in [0.15, 0.2) is 42.5 Å². The fourth-order valence-corrected chi connectivity index (χ4v) is 3.67. The molecule has 0 saturated carbocycles. The van der Waals surface area contributed by atoms with Crippen molar-refractivity contribution in [1.82, 2.24) is 19.8 Å². The number of methoxy groups -OCH3 is 1. The minimum Gasteiger partial charge on any atom is -0.496 e. The number of aryl methyl sites for hydroxylation is 1. The molecule has 29 heavy (non-hydrogen) atoms. The van der Waals surface area contributed by atoms with E-state index in [1.807, 2.05) is 54.3 Å². The van der Waals surface area contributed by atoms with E-state index in [1.54, 1.807) is 7.11 Å². The highest BCUT2D eigenvalue weighted by molar-refractivity contribution is 5.94. The molecule has 2 aromatic carbocycles. The highest BCUT2D eigenvalue weighted by atomic mass is 16.5. The van der Waals surface area contributed by atoms with Gasteiger partial charge in [0.15, 0.2) is 0 Å². The molecule has 4 rings (SSSR count). The third-order valence-corrected chi connectivity index (χ3v) is 5.36. The maximum Gasteiger partial charge on any atom is 0.254 e. The molecule has 1 aliphatic rings. The summed E-state index contributed by atoms with van der Waals surface area (Å²) in [6.07, 6.45) is 0. The second-order valence-electron chi connectivity index (χ2n) is 7.29. The number of aromatic nitrogens is 2. The quantitative estimate of drug-likeness (QED) is 0.736. The van der Waals surface area contributed by atoms with Crippen LogP contribution in [-0.2, 0) is 6.54 Å². The molecule has 0 radical (unpaired) electrons. The first-order chi connectivity index (χ1) is 14.0. The van der Waals surface area contributed by atoms with E-state index in [4.69, 9.17) is 10.5 Å². The van der Waals surface area contributed by atoms with Crippen LogP contribution < -0.4 is 10.5 Å². The summed E-state index contributed by atoms with van der Waals surface area (Å²) in [4.78, 5) is 26.1. The van der Waals surface area contributed by atoms with Crippen LogP contribution in [-0.4, -0.2) is 59.0 Å². The Kier molecular flexibility index (Phi) is 5.31. The van der Waals surface area contributed by atoms with Crippen molar-refractivity contribution in [3.8, 4) is 5.75 Å². The van der Waals surface area contributed by atoms with Crippen LogP contribution in [0.4, 0.5) is 5.82 Å². The Bertz CT molecular complexity index is 1040. The van der Waals surface area contributed by atoms with Gasteiger partial charge < -0.3 is 15.4 Å². The highest BCUT2D eigenvalue weighted by Gasteiger charge is 2.23. The number of hydrogen-bond acceptors (Lipinski definition) is 6. The van der Waals surface area contributed by atoms with Crippen LogP contribution in [0.2, 0.25) is 0 Å². The van der Waals surface area contributed by atoms with Gasteiger partial charge in [-0.15, -0.1) is 0 Å². The van der Waals surface area contributed by atoms with Crippen LogP contribution >= 0.6 is 0 Å². The molecule has 2 N–H and O–H groups in total. The largest absolute Gasteiger partial charge is 0.496 e. The Morgan fingerprint density at radius 3 is 2.62 bits per heavy atom. The molecular weight excluding hydrogens is 366 g/mol. The molecule has 0 unspecified atom stereocenters. The first-order valence-electron chi connectivity index (χ1n) is 9.72. The topological polar surface area (TPSA) is 84.6 Å². The standard InChI is InChI=1S/C22H25N5O2/c1-15-7-8-16(13-19(15)29-2)22(28)27-11-9-26(10-12-27)14-20-24-18-6-4-3-5-17(18)21(23)25-20/h3-8,13H,9-12,14H2,1-2H3,(H2,23,24,25). The predicted octanol–water partition coefficient (Wildman–Crippen LogP) is 2.49. The van der Waals surface area contributed by atoms with Crippen LogP contribution in [0.5, 0.6) is 5.75 Å². The number of amides is 1. The number of carbonyl (C=O) groups is 1. The number of carbonyl (C=O) groups excluding carboxylic acids is 1. The number of ether oxygens (including phenoxy) is 1. The number of nitrogens with two attached hydrogens (primary N) is 1. The first-order valence-corrected chi connectivity index (χ1v) is 9.72. The number of anilines is 1. The lowest BCUT2D eigenvalue weighted by molar-refractivity contribution is 0.0625. The average Bonchev–Trinajstić information content (AvgIpc) is 2.74. The number of hydrogen-bond donors (Lipinski definition) is 1. The molecule has 1 aliphatic heterocycles. The second kappa shape index (κ2) is 8.05. The number of fused-ring (bicyclic) bond motifs is 1. The van der Waals surface area contributed by atoms with E-state index >= 15 is 0 Å². The van der Waals surface area contributed by atoms with Crippen molar-refractivity contribution >= 4 is 22.6 Å². The summed E-state index contributed by atoms with van der Waals surface area (Å²) in [5, 5.41) is 0.875. The molecule has 150 valence electrons. The summed E-state index contributed by atoms with van der Waals surface area (Å²) in [6, 6.07) is 13.4. The Labute approximate surface area is 170 Å². The highest BCUT2D eigenvalue weighted by Crippen LogP contribution is 2.21. The van der Waals surface area contributed by atoms with Crippen molar-refractivity contribution in [2.24, 2.45) is 0 Å². The zero-order valence-corrected chi connectivity index (χ0v) is 16.8. The van der Waals surface area contributed by atoms with E-state index in [-0.39, 0.29) is 5.91 Å². The molecule has 7 nitrogen and oxygen atoms in total. The summed E-state index contributed by atoms with van der Waals surface area (Å²) in [5.74, 6) is 1.99. The van der Waals surface area contributed by atoms with Crippen LogP contribution in [0.25, 0.3) is 10.9 Å². The van der Waals surface area contributed by atoms with E-state index in [9.17, 15) is 4.79 Å². The van der Waals surface area contributed by atoms with Crippen molar-refractivity contribution in [3.05, 3.63) is 59.4 Å². The lowest BCUT2D eigenvalue weighted by Gasteiger charge is -2.34. The Morgan fingerprint density at radius 2 is 1.86 bits per heavy atom. The summed E-state index contributed by atoms with van der Waals surface area (Å²) in [7, 11) is 1.62. The fourth-order valence-electron chi connectivity index (χ4n) is 3.67. The van der Waals surface area contributed by atoms with Gasteiger partial charge in [0.05, 0.1) is 19.2 Å². The van der Waals surface area contributed by atoms with Gasteiger partial charge in [-0.2, -0.15) is 0 Å². The maximum atomic E-state index is 12.8. The Hall–Kier alpha value is -3.19. The van der Waals surface area contributed by atoms with Crippen LogP contribution in [0.3, 0.4) is 0 Å². The smallest absolute Gasteiger partial charge is 0.254 e. The SMILES string of the molecule is COc1cc(C(=O)N2CCN(Cc3nc(N)c4ccccc4n3)CC2)ccc1C. The number of piperazine rings is 1. The number of para-hydroxylation sites is 1. The van der Waals surface area contributed by atoms with Gasteiger partial charge in [0, 0.05) is 37.1 Å². The summed E-state index contributed by atoms with van der Waals surface area (Å²) >= 11 is 0. The molecule has 0 aliphatic carbocycles. The van der Waals surface area contributed by atoms with Gasteiger partial charge in [-0.3, -0.25) is 9.69 Å². The molecule has 1 saturated heterocycles. The predicted molar refractivity (Wildman–Crippen MR) is 113 cm³/mol. The van der Waals surface area contributed by atoms with Crippen molar-refractivity contribution in [2.45, 2.75) is 13.5 Å². The molecule has 0 spiro atoms. The average molecular weight is 391 g/mol. The molecular formula is C22H25N5O2. The lowest BCUT2D eigenvalue weighted by Crippen LogP contribution is -2.48. The second-order valence-corrected chi connectivity index (χ2v) is 7.29. The van der Waals surface area contributed by atoms with Crippen molar-refractivity contribution in [3.63, 3.8) is 0 Å². The van der Waals surface area contributed by atoms with Crippen molar-refractivity contribution in [1.29, 1.82) is 0 Å². The Balaban J connectivity index is 1.40. The summed E-state index contributed by atoms with van der Waals surface area (Å²) < 4.78 is 5.34. The fraction of sp³-hybridized carbons (Fsp3) is 0.318. The Morgan fingerprint density at radius 1 is 1.10 bits per heavy atom. The van der Waals surface area contributed by atoms with Gasteiger partial charge in [-0.25, -0.2) is 9.97 Å². The van der Waals surface area contributed by atoms with Gasteiger partial charge >= 0.3 is 0 Å². The molecule has 0 bridgehead atoms. The van der Waals surface area contributed by atoms with Crippen molar-refractivity contribution < 1.29 is 9.53 Å². The van der Waals surface area contributed by atoms with Crippen LogP contribution in [0.1, 0.15) is 21.7 Å². The maximum absolute atomic E-state index is 12.8.